The number of aldehydes is 1. The minimum Gasteiger partial charge on any atom is -0.370 e. The van der Waals surface area contributed by atoms with Crippen LogP contribution in [0.5, 0.6) is 0 Å². The summed E-state index contributed by atoms with van der Waals surface area (Å²) in [6.45, 7) is 0. The van der Waals surface area contributed by atoms with Crippen molar-refractivity contribution in [2.75, 3.05) is 7.05 Å². The number of hydrogen-bond donors (Lipinski definition) is 2. The van der Waals surface area contributed by atoms with Crippen LogP contribution >= 0.6 is 12.2 Å². The van der Waals surface area contributed by atoms with Crippen molar-refractivity contribution in [1.29, 1.82) is 5.26 Å². The van der Waals surface area contributed by atoms with Gasteiger partial charge in [-0.05, 0) is 37.6 Å². The van der Waals surface area contributed by atoms with Crippen molar-refractivity contribution in [2.24, 2.45) is 0 Å². The zero-order valence-electron chi connectivity index (χ0n) is 12.3. The molecule has 0 amide bonds. The lowest BCUT2D eigenvalue weighted by Gasteiger charge is -2.40. The maximum atomic E-state index is 13.0. The molecule has 0 radical (unpaired) electrons. The molecule has 0 bridgehead atoms. The number of allylic oxidation sites excluding steroid dienone is 1. The molecule has 5 nitrogen and oxygen atoms in total. The second-order valence-corrected chi connectivity index (χ2v) is 5.90. The lowest BCUT2D eigenvalue weighted by molar-refractivity contribution is -0.115. The Balaban J connectivity index is 2.16. The van der Waals surface area contributed by atoms with Crippen LogP contribution in [0.25, 0.3) is 0 Å². The van der Waals surface area contributed by atoms with E-state index >= 15 is 0 Å². The van der Waals surface area contributed by atoms with Gasteiger partial charge in [0.15, 0.2) is 5.11 Å². The van der Waals surface area contributed by atoms with Crippen molar-refractivity contribution >= 4 is 23.6 Å². The van der Waals surface area contributed by atoms with Crippen LogP contribution in [0.2, 0.25) is 0 Å². The number of carbonyl (C=O) groups is 1. The Morgan fingerprint density at radius 3 is 2.70 bits per heavy atom. The molecule has 0 aromatic carbocycles. The van der Waals surface area contributed by atoms with Gasteiger partial charge in [0.1, 0.15) is 12.3 Å². The first-order valence-corrected chi connectivity index (χ1v) is 7.30. The van der Waals surface area contributed by atoms with Gasteiger partial charge < -0.3 is 20.3 Å². The van der Waals surface area contributed by atoms with Crippen LogP contribution in [0.15, 0.2) is 23.5 Å². The third-order valence-corrected chi connectivity index (χ3v) is 4.36. The maximum absolute atomic E-state index is 13.0. The number of dihydropyridines is 1. The number of rotatable bonds is 3. The first kappa shape index (κ1) is 17.3. The molecule has 0 saturated heterocycles. The Bertz CT molecular complexity index is 616. The predicted octanol–water partition coefficient (Wildman–Crippen LogP) is 1.74. The average Bonchev–Trinajstić information content (AvgIpc) is 2.48. The summed E-state index contributed by atoms with van der Waals surface area (Å²) >= 11 is 5.17. The van der Waals surface area contributed by atoms with Gasteiger partial charge in [0.05, 0.1) is 22.9 Å². The summed E-state index contributed by atoms with van der Waals surface area (Å²) in [6, 6.07) is 0.101. The number of nitrogens with one attached hydrogen (secondary N) is 2. The lowest BCUT2D eigenvalue weighted by Crippen LogP contribution is -2.57. The van der Waals surface area contributed by atoms with Gasteiger partial charge in [0, 0.05) is 13.2 Å². The Morgan fingerprint density at radius 2 is 2.26 bits per heavy atom. The summed E-state index contributed by atoms with van der Waals surface area (Å²) < 4.78 is 39.0. The van der Waals surface area contributed by atoms with Crippen LogP contribution in [0, 0.1) is 11.3 Å². The van der Waals surface area contributed by atoms with Crippen molar-refractivity contribution in [1.82, 2.24) is 15.5 Å². The average molecular weight is 344 g/mol. The van der Waals surface area contributed by atoms with Gasteiger partial charge in [-0.15, -0.1) is 0 Å². The minimum absolute atomic E-state index is 0.151. The van der Waals surface area contributed by atoms with Crippen LogP contribution < -0.4 is 10.6 Å². The molecule has 0 aromatic rings. The smallest absolute Gasteiger partial charge is 0.370 e. The van der Waals surface area contributed by atoms with Gasteiger partial charge in [-0.1, -0.05) is 0 Å². The summed E-state index contributed by atoms with van der Waals surface area (Å²) in [5, 5.41) is 14.3. The fourth-order valence-corrected chi connectivity index (χ4v) is 2.64. The van der Waals surface area contributed by atoms with Gasteiger partial charge >= 0.3 is 6.18 Å². The molecule has 124 valence electrons. The van der Waals surface area contributed by atoms with Crippen LogP contribution in [-0.2, 0) is 4.79 Å². The van der Waals surface area contributed by atoms with E-state index in [0.29, 0.717) is 12.8 Å². The topological polar surface area (TPSA) is 68.2 Å². The zero-order valence-corrected chi connectivity index (χ0v) is 13.1. The predicted molar refractivity (Wildman–Crippen MR) is 80.9 cm³/mol. The van der Waals surface area contributed by atoms with E-state index in [2.05, 4.69) is 10.6 Å². The fourth-order valence-electron chi connectivity index (χ4n) is 2.33. The number of carbonyl (C=O) groups excluding carboxylic acids is 1. The monoisotopic (exact) mass is 344 g/mol. The van der Waals surface area contributed by atoms with Crippen molar-refractivity contribution in [3.63, 3.8) is 0 Å². The molecular formula is C14H15F3N4OS. The highest BCUT2D eigenvalue weighted by molar-refractivity contribution is 7.80. The molecule has 0 aromatic heterocycles. The lowest BCUT2D eigenvalue weighted by atomic mass is 9.78. The molecule has 1 heterocycles. The highest BCUT2D eigenvalue weighted by Crippen LogP contribution is 2.32. The molecule has 1 atom stereocenters. The first-order valence-electron chi connectivity index (χ1n) is 6.89. The van der Waals surface area contributed by atoms with E-state index in [1.807, 2.05) is 0 Å². The Kier molecular flexibility index (Phi) is 4.66. The quantitative estimate of drug-likeness (QED) is 0.600. The highest BCUT2D eigenvalue weighted by Gasteiger charge is 2.41. The van der Waals surface area contributed by atoms with Crippen LogP contribution in [0.3, 0.4) is 0 Å². The normalized spacial score (nSPS) is 22.5. The number of halogens is 3. The van der Waals surface area contributed by atoms with Gasteiger partial charge in [-0.2, -0.15) is 18.4 Å². The Morgan fingerprint density at radius 1 is 1.61 bits per heavy atom. The summed E-state index contributed by atoms with van der Waals surface area (Å²) in [5.41, 5.74) is -1.55. The molecule has 0 spiro atoms. The summed E-state index contributed by atoms with van der Waals surface area (Å²) in [4.78, 5) is 12.5. The summed E-state index contributed by atoms with van der Waals surface area (Å²) in [7, 11) is 1.50. The standard InChI is InChI=1S/C14H15F3N4OS/c1-21(12(23)20-13(8-22)3-2-4-13)9-5-10(14(15,16)17)11(6-18)19-7-9/h5,7-8,11,19H,2-4H2,1H3,(H,20,23). The fraction of sp³-hybridized carbons (Fsp3) is 0.500. The van der Waals surface area contributed by atoms with Gasteiger partial charge in [-0.25, -0.2) is 0 Å². The Hall–Kier alpha value is -2.08. The van der Waals surface area contributed by atoms with Gasteiger partial charge in [0.25, 0.3) is 0 Å². The molecule has 2 N–H and O–H groups in total. The third-order valence-electron chi connectivity index (χ3n) is 3.99. The number of hydrogen-bond acceptors (Lipinski definition) is 4. The number of likely N-dealkylation sites (N-methyl/N-ethyl adjacent to an activating group) is 1. The van der Waals surface area contributed by atoms with Crippen molar-refractivity contribution in [2.45, 2.75) is 37.0 Å². The molecular weight excluding hydrogens is 329 g/mol. The van der Waals surface area contributed by atoms with Crippen molar-refractivity contribution in [3.8, 4) is 6.07 Å². The van der Waals surface area contributed by atoms with E-state index in [1.54, 1.807) is 6.07 Å². The molecule has 1 aliphatic heterocycles. The molecule has 23 heavy (non-hydrogen) atoms. The van der Waals surface area contributed by atoms with E-state index < -0.39 is 23.3 Å². The largest absolute Gasteiger partial charge is 0.415 e. The second kappa shape index (κ2) is 6.20. The number of alkyl halides is 3. The molecule has 9 heteroatoms. The molecule has 1 fully saturated rings. The van der Waals surface area contributed by atoms with Crippen molar-refractivity contribution < 1.29 is 18.0 Å². The molecule has 2 rings (SSSR count). The zero-order chi connectivity index (χ0) is 17.3. The molecule has 1 unspecified atom stereocenters. The van der Waals surface area contributed by atoms with Crippen LogP contribution in [0.1, 0.15) is 19.3 Å². The van der Waals surface area contributed by atoms with Gasteiger partial charge in [-0.3, -0.25) is 0 Å². The number of nitrogens with zero attached hydrogens (tertiary/aromatic N) is 2. The van der Waals surface area contributed by atoms with E-state index in [4.69, 9.17) is 17.5 Å². The van der Waals surface area contributed by atoms with Crippen LogP contribution in [-0.4, -0.2) is 41.1 Å². The number of nitriles is 1. The molecule has 2 aliphatic rings. The third kappa shape index (κ3) is 3.47. The van der Waals surface area contributed by atoms with Crippen LogP contribution in [0.4, 0.5) is 13.2 Å². The molecule has 1 aliphatic carbocycles. The van der Waals surface area contributed by atoms with E-state index in [1.165, 1.54) is 18.1 Å². The number of thiocarbonyl (C=S) groups is 1. The van der Waals surface area contributed by atoms with E-state index in [0.717, 1.165) is 18.8 Å². The molecule has 1 saturated carbocycles. The van der Waals surface area contributed by atoms with E-state index in [-0.39, 0.29) is 10.8 Å². The van der Waals surface area contributed by atoms with Crippen molar-refractivity contribution in [3.05, 3.63) is 23.5 Å². The SMILES string of the molecule is CN(C(=S)NC1(C=O)CCC1)C1=CNC(C#N)C(C(F)(F)F)=C1. The maximum Gasteiger partial charge on any atom is 0.415 e. The Labute approximate surface area is 136 Å². The second-order valence-electron chi connectivity index (χ2n) is 5.51. The summed E-state index contributed by atoms with van der Waals surface area (Å²) in [5.74, 6) is 0. The minimum atomic E-state index is -4.62. The first-order chi connectivity index (χ1) is 10.7. The van der Waals surface area contributed by atoms with Gasteiger partial charge in [0.2, 0.25) is 0 Å². The van der Waals surface area contributed by atoms with E-state index in [9.17, 15) is 18.0 Å². The highest BCUT2D eigenvalue weighted by atomic mass is 32.1. The summed E-state index contributed by atoms with van der Waals surface area (Å²) in [6.07, 6.45) is 0.514.